The second-order valence-corrected chi connectivity index (χ2v) is 5.30. The fraction of sp³-hybridized carbons (Fsp3) is 0.462. The molecule has 1 atom stereocenters. The molecule has 7 heteroatoms. The van der Waals surface area contributed by atoms with Crippen LogP contribution < -0.4 is 10.5 Å². The summed E-state index contributed by atoms with van der Waals surface area (Å²) in [6, 6.07) is 6.42. The number of non-ortho nitro benzene ring substituents is 1. The maximum absolute atomic E-state index is 10.7. The Morgan fingerprint density at radius 2 is 2.30 bits per heavy atom. The molecule has 2 N–H and O–H groups in total. The number of nitrogens with two attached hydrogens (primary N) is 1. The van der Waals surface area contributed by atoms with Crippen LogP contribution in [0, 0.1) is 21.4 Å². The van der Waals surface area contributed by atoms with Crippen molar-refractivity contribution in [2.24, 2.45) is 5.73 Å². The standard InChI is InChI=1S/C13H16BrN3O3/c1-2-13(16,9-15)6-3-7-20-12-8-10(17(18)19)4-5-11(12)14/h4-5,8H,2-3,6-7,16H2,1H3. The van der Waals surface area contributed by atoms with Gasteiger partial charge in [-0.3, -0.25) is 10.1 Å². The van der Waals surface area contributed by atoms with Gasteiger partial charge in [-0.05, 0) is 41.3 Å². The molecule has 108 valence electrons. The fourth-order valence-electron chi connectivity index (χ4n) is 1.60. The van der Waals surface area contributed by atoms with Gasteiger partial charge in [0.05, 0.1) is 28.1 Å². The summed E-state index contributed by atoms with van der Waals surface area (Å²) in [5, 5.41) is 19.6. The number of halogens is 1. The molecule has 0 aliphatic rings. The van der Waals surface area contributed by atoms with E-state index in [-0.39, 0.29) is 5.69 Å². The van der Waals surface area contributed by atoms with Crippen molar-refractivity contribution in [3.05, 3.63) is 32.8 Å². The van der Waals surface area contributed by atoms with Crippen LogP contribution in [0.1, 0.15) is 26.2 Å². The number of nitro benzene ring substituents is 1. The van der Waals surface area contributed by atoms with E-state index >= 15 is 0 Å². The molecular weight excluding hydrogens is 326 g/mol. The van der Waals surface area contributed by atoms with Crippen LogP contribution >= 0.6 is 15.9 Å². The average molecular weight is 342 g/mol. The number of benzene rings is 1. The van der Waals surface area contributed by atoms with Crippen molar-refractivity contribution in [1.82, 2.24) is 0 Å². The van der Waals surface area contributed by atoms with Crippen molar-refractivity contribution >= 4 is 21.6 Å². The highest BCUT2D eigenvalue weighted by molar-refractivity contribution is 9.10. The van der Waals surface area contributed by atoms with E-state index in [4.69, 9.17) is 15.7 Å². The Labute approximate surface area is 125 Å². The maximum atomic E-state index is 10.7. The van der Waals surface area contributed by atoms with Gasteiger partial charge >= 0.3 is 0 Å². The van der Waals surface area contributed by atoms with Gasteiger partial charge in [0.25, 0.3) is 5.69 Å². The second kappa shape index (κ2) is 7.22. The van der Waals surface area contributed by atoms with Crippen LogP contribution in [0.15, 0.2) is 22.7 Å². The van der Waals surface area contributed by atoms with E-state index in [0.29, 0.717) is 36.1 Å². The molecule has 6 nitrogen and oxygen atoms in total. The normalized spacial score (nSPS) is 13.3. The van der Waals surface area contributed by atoms with Crippen molar-refractivity contribution in [2.75, 3.05) is 6.61 Å². The molecule has 0 fully saturated rings. The molecule has 0 radical (unpaired) electrons. The molecule has 0 saturated heterocycles. The Hall–Kier alpha value is -1.65. The Morgan fingerprint density at radius 1 is 1.60 bits per heavy atom. The molecule has 1 rings (SSSR count). The highest BCUT2D eigenvalue weighted by atomic mass is 79.9. The quantitative estimate of drug-likeness (QED) is 0.466. The summed E-state index contributed by atoms with van der Waals surface area (Å²) in [6.45, 7) is 2.21. The van der Waals surface area contributed by atoms with Gasteiger partial charge in [0, 0.05) is 6.07 Å². The summed E-state index contributed by atoms with van der Waals surface area (Å²) >= 11 is 3.27. The predicted octanol–water partition coefficient (Wildman–Crippen LogP) is 3.15. The third-order valence-electron chi connectivity index (χ3n) is 3.00. The number of nitriles is 1. The van der Waals surface area contributed by atoms with Gasteiger partial charge in [-0.25, -0.2) is 0 Å². The first-order valence-corrected chi connectivity index (χ1v) is 6.98. The van der Waals surface area contributed by atoms with Gasteiger partial charge < -0.3 is 10.5 Å². The second-order valence-electron chi connectivity index (χ2n) is 4.45. The lowest BCUT2D eigenvalue weighted by Crippen LogP contribution is -2.37. The zero-order valence-electron chi connectivity index (χ0n) is 11.1. The molecule has 1 aromatic rings. The van der Waals surface area contributed by atoms with E-state index in [1.807, 2.05) is 6.92 Å². The Morgan fingerprint density at radius 3 is 2.85 bits per heavy atom. The molecule has 0 saturated carbocycles. The summed E-state index contributed by atoms with van der Waals surface area (Å²) < 4.78 is 6.15. The fourth-order valence-corrected chi connectivity index (χ4v) is 1.96. The lowest BCUT2D eigenvalue weighted by Gasteiger charge is -2.19. The Bertz CT molecular complexity index is 530. The number of nitro groups is 1. The first-order valence-electron chi connectivity index (χ1n) is 6.19. The van der Waals surface area contributed by atoms with Crippen LogP contribution in [0.3, 0.4) is 0 Å². The molecular formula is C13H16BrN3O3. The molecule has 1 unspecified atom stereocenters. The van der Waals surface area contributed by atoms with Gasteiger partial charge in [0.15, 0.2) is 0 Å². The van der Waals surface area contributed by atoms with E-state index in [2.05, 4.69) is 22.0 Å². The number of hydrogen-bond acceptors (Lipinski definition) is 5. The van der Waals surface area contributed by atoms with Crippen molar-refractivity contribution in [3.63, 3.8) is 0 Å². The van der Waals surface area contributed by atoms with E-state index < -0.39 is 10.5 Å². The van der Waals surface area contributed by atoms with Crippen LogP contribution in [-0.4, -0.2) is 17.1 Å². The van der Waals surface area contributed by atoms with Gasteiger partial charge in [-0.2, -0.15) is 5.26 Å². The number of hydrogen-bond donors (Lipinski definition) is 1. The van der Waals surface area contributed by atoms with Crippen LogP contribution in [0.2, 0.25) is 0 Å². The van der Waals surface area contributed by atoms with Crippen molar-refractivity contribution in [1.29, 1.82) is 5.26 Å². The molecule has 0 aliphatic carbocycles. The molecule has 0 bridgehead atoms. The summed E-state index contributed by atoms with van der Waals surface area (Å²) in [7, 11) is 0. The third-order valence-corrected chi connectivity index (χ3v) is 3.66. The number of nitrogens with zero attached hydrogens (tertiary/aromatic N) is 2. The summed E-state index contributed by atoms with van der Waals surface area (Å²) in [6.07, 6.45) is 1.70. The van der Waals surface area contributed by atoms with Gasteiger partial charge in [-0.15, -0.1) is 0 Å². The smallest absolute Gasteiger partial charge is 0.273 e. The van der Waals surface area contributed by atoms with E-state index in [9.17, 15) is 10.1 Å². The predicted molar refractivity (Wildman–Crippen MR) is 78.3 cm³/mol. The minimum Gasteiger partial charge on any atom is -0.492 e. The van der Waals surface area contributed by atoms with Crippen molar-refractivity contribution in [2.45, 2.75) is 31.7 Å². The highest BCUT2D eigenvalue weighted by Gasteiger charge is 2.21. The summed E-state index contributed by atoms with van der Waals surface area (Å²) in [5.74, 6) is 0.412. The zero-order chi connectivity index (χ0) is 15.2. The SMILES string of the molecule is CCC(N)(C#N)CCCOc1cc([N+](=O)[O-])ccc1Br. The lowest BCUT2D eigenvalue weighted by molar-refractivity contribution is -0.385. The number of rotatable bonds is 7. The molecule has 0 spiro atoms. The van der Waals surface area contributed by atoms with E-state index in [0.717, 1.165) is 0 Å². The molecule has 1 aromatic carbocycles. The van der Waals surface area contributed by atoms with Crippen molar-refractivity contribution in [3.8, 4) is 11.8 Å². The van der Waals surface area contributed by atoms with Gasteiger partial charge in [0.2, 0.25) is 0 Å². The largest absolute Gasteiger partial charge is 0.492 e. The van der Waals surface area contributed by atoms with Crippen LogP contribution in [0.5, 0.6) is 5.75 Å². The summed E-state index contributed by atoms with van der Waals surface area (Å²) in [4.78, 5) is 10.2. The van der Waals surface area contributed by atoms with Crippen LogP contribution in [0.4, 0.5) is 5.69 Å². The van der Waals surface area contributed by atoms with Gasteiger partial charge in [-0.1, -0.05) is 6.92 Å². The van der Waals surface area contributed by atoms with Crippen LogP contribution in [0.25, 0.3) is 0 Å². The molecule has 0 heterocycles. The number of ether oxygens (including phenoxy) is 1. The Balaban J connectivity index is 2.56. The van der Waals surface area contributed by atoms with Crippen LogP contribution in [-0.2, 0) is 0 Å². The average Bonchev–Trinajstić information content (AvgIpc) is 2.44. The maximum Gasteiger partial charge on any atom is 0.273 e. The molecule has 20 heavy (non-hydrogen) atoms. The van der Waals surface area contributed by atoms with E-state index in [1.54, 1.807) is 6.07 Å². The topological polar surface area (TPSA) is 102 Å². The van der Waals surface area contributed by atoms with E-state index in [1.165, 1.54) is 12.1 Å². The Kier molecular flexibility index (Phi) is 5.92. The summed E-state index contributed by atoms with van der Waals surface area (Å²) in [5.41, 5.74) is 5.00. The van der Waals surface area contributed by atoms with Gasteiger partial charge in [0.1, 0.15) is 11.3 Å². The highest BCUT2D eigenvalue weighted by Crippen LogP contribution is 2.29. The minimum atomic E-state index is -0.830. The lowest BCUT2D eigenvalue weighted by atomic mass is 9.94. The first kappa shape index (κ1) is 16.4. The third kappa shape index (κ3) is 4.47. The molecule has 0 aromatic heterocycles. The minimum absolute atomic E-state index is 0.0260. The first-order chi connectivity index (χ1) is 9.41. The zero-order valence-corrected chi connectivity index (χ0v) is 12.7. The molecule has 0 aliphatic heterocycles. The van der Waals surface area contributed by atoms with Crippen molar-refractivity contribution < 1.29 is 9.66 Å². The monoisotopic (exact) mass is 341 g/mol. The molecule has 0 amide bonds.